The van der Waals surface area contributed by atoms with Crippen molar-refractivity contribution in [2.45, 2.75) is 25.7 Å². The Balaban J connectivity index is 1.53. The zero-order chi connectivity index (χ0) is 19.8. The van der Waals surface area contributed by atoms with E-state index in [0.29, 0.717) is 5.92 Å². The van der Waals surface area contributed by atoms with Crippen LogP contribution in [0, 0.1) is 5.53 Å². The molecule has 5 nitrogen and oxygen atoms in total. The van der Waals surface area contributed by atoms with Gasteiger partial charge in [-0.3, -0.25) is 9.69 Å². The Morgan fingerprint density at radius 1 is 1.21 bits per heavy atom. The van der Waals surface area contributed by atoms with Crippen molar-refractivity contribution in [1.29, 1.82) is 5.53 Å². The van der Waals surface area contributed by atoms with Crippen molar-refractivity contribution < 1.29 is 4.79 Å². The van der Waals surface area contributed by atoms with Crippen LogP contribution in [-0.4, -0.2) is 37.7 Å². The van der Waals surface area contributed by atoms with Gasteiger partial charge >= 0.3 is 0 Å². The fourth-order valence-electron chi connectivity index (χ4n) is 3.72. The fourth-order valence-corrected chi connectivity index (χ4v) is 3.72. The summed E-state index contributed by atoms with van der Waals surface area (Å²) >= 11 is 0. The van der Waals surface area contributed by atoms with Gasteiger partial charge in [-0.05, 0) is 49.5 Å². The predicted octanol–water partition coefficient (Wildman–Crippen LogP) is 3.46. The lowest BCUT2D eigenvalue weighted by molar-refractivity contribution is -0.114. The summed E-state index contributed by atoms with van der Waals surface area (Å²) in [6.07, 6.45) is 2.15. The molecule has 2 N–H and O–H groups in total. The van der Waals surface area contributed by atoms with Gasteiger partial charge in [0.05, 0.1) is 5.70 Å². The van der Waals surface area contributed by atoms with Crippen molar-refractivity contribution in [3.05, 3.63) is 71.8 Å². The van der Waals surface area contributed by atoms with Gasteiger partial charge in [-0.2, -0.15) is 5.11 Å². The number of likely N-dealkylation sites (tertiary alicyclic amines) is 1. The second-order valence-corrected chi connectivity index (χ2v) is 7.35. The molecule has 3 rings (SSSR count). The summed E-state index contributed by atoms with van der Waals surface area (Å²) < 4.78 is 0. The highest BCUT2D eigenvalue weighted by atomic mass is 16.1. The smallest absolute Gasteiger partial charge is 0.221 e. The Morgan fingerprint density at radius 3 is 2.64 bits per heavy atom. The lowest BCUT2D eigenvalue weighted by Crippen LogP contribution is -2.34. The van der Waals surface area contributed by atoms with Crippen LogP contribution in [0.5, 0.6) is 0 Å². The van der Waals surface area contributed by atoms with Gasteiger partial charge in [0.25, 0.3) is 0 Å². The average Bonchev–Trinajstić information content (AvgIpc) is 2.72. The van der Waals surface area contributed by atoms with Crippen LogP contribution in [0.1, 0.15) is 31.2 Å². The molecule has 1 aliphatic heterocycles. The van der Waals surface area contributed by atoms with E-state index >= 15 is 0 Å². The molecule has 0 unspecified atom stereocenters. The number of benzene rings is 2. The molecular formula is C22H27BN4O. The summed E-state index contributed by atoms with van der Waals surface area (Å²) in [7, 11) is 0.810. The summed E-state index contributed by atoms with van der Waals surface area (Å²) in [5.41, 5.74) is 11.7. The standard InChI is InChI=1S/C22H27BN4O/c1-17(28)25-21-9-5-6-19(14-21)18-10-12-27(13-11-18)16-22(26-24)15-23-20-7-3-2-4-8-20/h2-9,14-15,18,23-24H,10-13,16H2,1H3,(H,25,28)/b22-15-,26-24?. The third-order valence-corrected chi connectivity index (χ3v) is 5.21. The summed E-state index contributed by atoms with van der Waals surface area (Å²) in [4.78, 5) is 13.6. The second-order valence-electron chi connectivity index (χ2n) is 7.35. The maximum atomic E-state index is 11.3. The average molecular weight is 374 g/mol. The Hall–Kier alpha value is -2.73. The van der Waals surface area contributed by atoms with Crippen LogP contribution >= 0.6 is 0 Å². The van der Waals surface area contributed by atoms with Gasteiger partial charge in [-0.1, -0.05) is 53.9 Å². The number of carbonyl (C=O) groups is 1. The van der Waals surface area contributed by atoms with Gasteiger partial charge in [0.1, 0.15) is 0 Å². The molecule has 0 spiro atoms. The monoisotopic (exact) mass is 374 g/mol. The van der Waals surface area contributed by atoms with E-state index in [0.717, 1.165) is 51.1 Å². The van der Waals surface area contributed by atoms with Crippen LogP contribution in [0.25, 0.3) is 0 Å². The third kappa shape index (κ3) is 5.89. The minimum Gasteiger partial charge on any atom is -0.326 e. The van der Waals surface area contributed by atoms with Crippen molar-refractivity contribution in [1.82, 2.24) is 4.90 Å². The van der Waals surface area contributed by atoms with Crippen molar-refractivity contribution in [3.63, 3.8) is 0 Å². The molecule has 2 aromatic rings. The first-order chi connectivity index (χ1) is 13.6. The quantitative estimate of drug-likeness (QED) is 0.576. The topological polar surface area (TPSA) is 68.6 Å². The maximum absolute atomic E-state index is 11.3. The highest BCUT2D eigenvalue weighted by Crippen LogP contribution is 2.29. The fraction of sp³-hybridized carbons (Fsp3) is 0.318. The van der Waals surface area contributed by atoms with E-state index in [4.69, 9.17) is 5.53 Å². The van der Waals surface area contributed by atoms with E-state index in [9.17, 15) is 4.79 Å². The van der Waals surface area contributed by atoms with Crippen molar-refractivity contribution in [2.75, 3.05) is 25.0 Å². The minimum absolute atomic E-state index is 0.0408. The van der Waals surface area contributed by atoms with Crippen molar-refractivity contribution in [3.8, 4) is 0 Å². The number of rotatable bonds is 7. The molecule has 0 aliphatic carbocycles. The molecule has 6 heteroatoms. The molecule has 0 radical (unpaired) electrons. The Kier molecular flexibility index (Phi) is 7.15. The van der Waals surface area contributed by atoms with Gasteiger partial charge in [-0.15, -0.1) is 0 Å². The Bertz CT molecular complexity index is 829. The molecule has 1 aliphatic rings. The first kappa shape index (κ1) is 20.0. The molecule has 1 heterocycles. The molecule has 0 aromatic heterocycles. The van der Waals surface area contributed by atoms with E-state index in [1.165, 1.54) is 17.9 Å². The largest absolute Gasteiger partial charge is 0.326 e. The molecule has 0 bridgehead atoms. The number of amides is 1. The molecular weight excluding hydrogens is 347 g/mol. The SMILES string of the molecule is CC(=O)Nc1cccc(C2CCN(C/C(=C/Bc3ccccc3)N=N)CC2)c1. The van der Waals surface area contributed by atoms with E-state index < -0.39 is 0 Å². The number of anilines is 1. The maximum Gasteiger partial charge on any atom is 0.221 e. The number of piperidine rings is 1. The van der Waals surface area contributed by atoms with Crippen LogP contribution in [0.3, 0.4) is 0 Å². The van der Waals surface area contributed by atoms with Crippen LogP contribution in [0.15, 0.2) is 71.4 Å². The lowest BCUT2D eigenvalue weighted by Gasteiger charge is -2.32. The van der Waals surface area contributed by atoms with Crippen LogP contribution < -0.4 is 10.8 Å². The zero-order valence-corrected chi connectivity index (χ0v) is 16.4. The van der Waals surface area contributed by atoms with Crippen LogP contribution in [-0.2, 0) is 4.79 Å². The molecule has 1 saturated heterocycles. The van der Waals surface area contributed by atoms with Crippen molar-refractivity contribution >= 4 is 24.3 Å². The number of hydrogen-bond acceptors (Lipinski definition) is 4. The van der Waals surface area contributed by atoms with Gasteiger partial charge in [-0.25, -0.2) is 5.53 Å². The number of nitrogens with zero attached hydrogens (tertiary/aromatic N) is 2. The van der Waals surface area contributed by atoms with Gasteiger partial charge < -0.3 is 5.32 Å². The van der Waals surface area contributed by atoms with Crippen molar-refractivity contribution in [2.24, 2.45) is 5.11 Å². The first-order valence-electron chi connectivity index (χ1n) is 9.84. The van der Waals surface area contributed by atoms with E-state index in [1.54, 1.807) is 0 Å². The first-order valence-corrected chi connectivity index (χ1v) is 9.84. The molecule has 2 aromatic carbocycles. The molecule has 1 fully saturated rings. The summed E-state index contributed by atoms with van der Waals surface area (Å²) in [5, 5.41) is 6.61. The molecule has 0 atom stereocenters. The number of hydrogen-bond donors (Lipinski definition) is 2. The highest BCUT2D eigenvalue weighted by Gasteiger charge is 2.21. The summed E-state index contributed by atoms with van der Waals surface area (Å²) in [5.74, 6) is 2.53. The van der Waals surface area contributed by atoms with Crippen LogP contribution in [0.2, 0.25) is 0 Å². The van der Waals surface area contributed by atoms with E-state index in [2.05, 4.69) is 45.6 Å². The van der Waals surface area contributed by atoms with Gasteiger partial charge in [0.2, 0.25) is 5.91 Å². The van der Waals surface area contributed by atoms with E-state index in [1.807, 2.05) is 30.3 Å². The normalized spacial score (nSPS) is 15.8. The van der Waals surface area contributed by atoms with Gasteiger partial charge in [0.15, 0.2) is 7.28 Å². The van der Waals surface area contributed by atoms with Crippen LogP contribution in [0.4, 0.5) is 5.69 Å². The molecule has 1 amide bonds. The lowest BCUT2D eigenvalue weighted by atomic mass is 9.70. The highest BCUT2D eigenvalue weighted by molar-refractivity contribution is 6.58. The minimum atomic E-state index is -0.0408. The third-order valence-electron chi connectivity index (χ3n) is 5.21. The second kappa shape index (κ2) is 9.99. The van der Waals surface area contributed by atoms with E-state index in [-0.39, 0.29) is 5.91 Å². The van der Waals surface area contributed by atoms with Gasteiger partial charge in [0, 0.05) is 19.2 Å². The Morgan fingerprint density at radius 2 is 1.96 bits per heavy atom. The molecule has 28 heavy (non-hydrogen) atoms. The predicted molar refractivity (Wildman–Crippen MR) is 116 cm³/mol. The zero-order valence-electron chi connectivity index (χ0n) is 16.4. The molecule has 0 saturated carbocycles. The number of nitrogens with one attached hydrogen (secondary N) is 2. The Labute approximate surface area is 167 Å². The summed E-state index contributed by atoms with van der Waals surface area (Å²) in [6, 6.07) is 18.5. The summed E-state index contributed by atoms with van der Waals surface area (Å²) in [6.45, 7) is 4.25. The number of carbonyl (C=O) groups excluding carboxylic acids is 1. The molecule has 144 valence electrons.